The summed E-state index contributed by atoms with van der Waals surface area (Å²) in [6.07, 6.45) is 2.32. The largest absolute Gasteiger partial charge is 0.491 e. The van der Waals surface area contributed by atoms with Gasteiger partial charge in [-0.3, -0.25) is 19.3 Å². The van der Waals surface area contributed by atoms with Crippen LogP contribution in [-0.4, -0.2) is 53.8 Å². The fourth-order valence-electron chi connectivity index (χ4n) is 3.51. The van der Waals surface area contributed by atoms with Crippen LogP contribution in [0.1, 0.15) is 38.3 Å². The highest BCUT2D eigenvalue weighted by Gasteiger charge is 2.42. The van der Waals surface area contributed by atoms with Crippen molar-refractivity contribution in [2.75, 3.05) is 25.2 Å². The molecule has 3 amide bonds. The Labute approximate surface area is 181 Å². The summed E-state index contributed by atoms with van der Waals surface area (Å²) in [5, 5.41) is 2.82. The molecule has 1 atom stereocenters. The number of hydrogen-bond donors (Lipinski definition) is 1. The van der Waals surface area contributed by atoms with Gasteiger partial charge in [-0.15, -0.1) is 0 Å². The number of nitrogens with zero attached hydrogens (tertiary/aromatic N) is 1. The van der Waals surface area contributed by atoms with Gasteiger partial charge >= 0.3 is 0 Å². The maximum atomic E-state index is 12.9. The number of rotatable bonds is 9. The number of imide groups is 1. The first-order valence-electron chi connectivity index (χ1n) is 9.87. The first-order valence-corrected chi connectivity index (χ1v) is 11.3. The molecule has 7 heteroatoms. The van der Waals surface area contributed by atoms with Gasteiger partial charge in [-0.25, -0.2) is 0 Å². The maximum absolute atomic E-state index is 12.9. The van der Waals surface area contributed by atoms with Crippen molar-refractivity contribution in [3.8, 4) is 5.75 Å². The minimum absolute atomic E-state index is 0.283. The first kappa shape index (κ1) is 21.9. The second-order valence-corrected chi connectivity index (χ2v) is 8.22. The summed E-state index contributed by atoms with van der Waals surface area (Å²) in [6, 6.07) is 11.8. The molecule has 1 unspecified atom stereocenters. The van der Waals surface area contributed by atoms with Crippen LogP contribution in [0.3, 0.4) is 0 Å². The Bertz CT molecular complexity index is 925. The van der Waals surface area contributed by atoms with Crippen LogP contribution in [0.25, 0.3) is 0 Å². The van der Waals surface area contributed by atoms with E-state index in [-0.39, 0.29) is 12.5 Å². The van der Waals surface area contributed by atoms with Crippen molar-refractivity contribution < 1.29 is 19.1 Å². The smallest absolute Gasteiger partial charge is 0.262 e. The molecule has 1 heterocycles. The number of ether oxygens (including phenoxy) is 1. The van der Waals surface area contributed by atoms with E-state index in [1.54, 1.807) is 36.0 Å². The van der Waals surface area contributed by atoms with Crippen LogP contribution in [-0.2, 0) is 4.79 Å². The molecule has 0 aromatic heterocycles. The van der Waals surface area contributed by atoms with Gasteiger partial charge in [0.1, 0.15) is 18.4 Å². The van der Waals surface area contributed by atoms with Crippen molar-refractivity contribution in [2.24, 2.45) is 0 Å². The highest BCUT2D eigenvalue weighted by molar-refractivity contribution is 7.98. The van der Waals surface area contributed by atoms with Gasteiger partial charge in [0.15, 0.2) is 0 Å². The lowest BCUT2D eigenvalue weighted by molar-refractivity contribution is -0.125. The standard InChI is InChI=1S/C23H26N2O4S/c1-15-8-9-20(16(2)14-15)29-12-11-24-21(26)19(10-13-30-3)25-22(27)17-6-4-5-7-18(17)23(25)28/h4-9,14,19H,10-13H2,1-3H3,(H,24,26). The molecule has 3 rings (SSSR count). The van der Waals surface area contributed by atoms with E-state index >= 15 is 0 Å². The third-order valence-electron chi connectivity index (χ3n) is 5.02. The Morgan fingerprint density at radius 2 is 1.77 bits per heavy atom. The normalized spacial score (nSPS) is 13.9. The van der Waals surface area contributed by atoms with Crippen LogP contribution in [0.5, 0.6) is 5.75 Å². The van der Waals surface area contributed by atoms with E-state index in [1.165, 1.54) is 0 Å². The minimum Gasteiger partial charge on any atom is -0.491 e. The number of amides is 3. The number of carbonyl (C=O) groups excluding carboxylic acids is 3. The highest BCUT2D eigenvalue weighted by atomic mass is 32.2. The molecule has 0 aliphatic carbocycles. The summed E-state index contributed by atoms with van der Waals surface area (Å²) >= 11 is 1.57. The summed E-state index contributed by atoms with van der Waals surface area (Å²) in [7, 11) is 0. The van der Waals surface area contributed by atoms with E-state index in [2.05, 4.69) is 5.32 Å². The van der Waals surface area contributed by atoms with Gasteiger partial charge in [0.05, 0.1) is 17.7 Å². The lowest BCUT2D eigenvalue weighted by Gasteiger charge is -2.25. The minimum atomic E-state index is -0.842. The zero-order valence-corrected chi connectivity index (χ0v) is 18.3. The molecule has 2 aromatic carbocycles. The lowest BCUT2D eigenvalue weighted by atomic mass is 10.1. The molecular weight excluding hydrogens is 400 g/mol. The van der Waals surface area contributed by atoms with Crippen LogP contribution in [0.4, 0.5) is 0 Å². The van der Waals surface area contributed by atoms with Gasteiger partial charge in [-0.1, -0.05) is 29.8 Å². The average molecular weight is 427 g/mol. The molecule has 158 valence electrons. The SMILES string of the molecule is CSCCC(C(=O)NCCOc1ccc(C)cc1C)N1C(=O)c2ccccc2C1=O. The summed E-state index contributed by atoms with van der Waals surface area (Å²) in [6.45, 7) is 4.57. The molecule has 0 fully saturated rings. The van der Waals surface area contributed by atoms with Crippen LogP contribution >= 0.6 is 11.8 Å². The van der Waals surface area contributed by atoms with Gasteiger partial charge in [-0.05, 0) is 56.0 Å². The molecule has 6 nitrogen and oxygen atoms in total. The molecule has 0 saturated heterocycles. The number of benzene rings is 2. The Balaban J connectivity index is 1.63. The highest BCUT2D eigenvalue weighted by Crippen LogP contribution is 2.26. The number of carbonyl (C=O) groups is 3. The van der Waals surface area contributed by atoms with Crippen molar-refractivity contribution in [3.05, 3.63) is 64.7 Å². The Kier molecular flexibility index (Phi) is 7.15. The number of fused-ring (bicyclic) bond motifs is 1. The van der Waals surface area contributed by atoms with Gasteiger partial charge in [0.2, 0.25) is 5.91 Å². The number of hydrogen-bond acceptors (Lipinski definition) is 5. The van der Waals surface area contributed by atoms with Gasteiger partial charge in [-0.2, -0.15) is 11.8 Å². The van der Waals surface area contributed by atoms with Crippen molar-refractivity contribution in [2.45, 2.75) is 26.3 Å². The van der Waals surface area contributed by atoms with Crippen LogP contribution in [0, 0.1) is 13.8 Å². The van der Waals surface area contributed by atoms with Crippen molar-refractivity contribution in [3.63, 3.8) is 0 Å². The zero-order chi connectivity index (χ0) is 21.7. The summed E-state index contributed by atoms with van der Waals surface area (Å²) < 4.78 is 5.76. The predicted molar refractivity (Wildman–Crippen MR) is 118 cm³/mol. The zero-order valence-electron chi connectivity index (χ0n) is 17.4. The molecule has 0 spiro atoms. The number of thioether (sulfide) groups is 1. The van der Waals surface area contributed by atoms with Crippen LogP contribution in [0.2, 0.25) is 0 Å². The van der Waals surface area contributed by atoms with E-state index < -0.39 is 17.9 Å². The summed E-state index contributed by atoms with van der Waals surface area (Å²) in [5.74, 6) is 0.258. The van der Waals surface area contributed by atoms with Crippen molar-refractivity contribution in [1.29, 1.82) is 0 Å². The molecule has 1 N–H and O–H groups in total. The topological polar surface area (TPSA) is 75.7 Å². The van der Waals surface area contributed by atoms with Crippen molar-refractivity contribution >= 4 is 29.5 Å². The number of aryl methyl sites for hydroxylation is 2. The molecule has 30 heavy (non-hydrogen) atoms. The fourth-order valence-corrected chi connectivity index (χ4v) is 3.97. The third-order valence-corrected chi connectivity index (χ3v) is 5.67. The Morgan fingerprint density at radius 3 is 2.37 bits per heavy atom. The quantitative estimate of drug-likeness (QED) is 0.492. The number of nitrogens with one attached hydrogen (secondary N) is 1. The predicted octanol–water partition coefficient (Wildman–Crippen LogP) is 3.22. The first-order chi connectivity index (χ1) is 14.4. The van der Waals surface area contributed by atoms with Gasteiger partial charge in [0, 0.05) is 0 Å². The van der Waals surface area contributed by atoms with E-state index in [9.17, 15) is 14.4 Å². The van der Waals surface area contributed by atoms with E-state index in [0.29, 0.717) is 29.9 Å². The second-order valence-electron chi connectivity index (χ2n) is 7.23. The maximum Gasteiger partial charge on any atom is 0.262 e. The third kappa shape index (κ3) is 4.67. The van der Waals surface area contributed by atoms with E-state index in [0.717, 1.165) is 21.8 Å². The fraction of sp³-hybridized carbons (Fsp3) is 0.348. The molecule has 1 aliphatic rings. The monoisotopic (exact) mass is 426 g/mol. The molecule has 1 aliphatic heterocycles. The molecule has 0 bridgehead atoms. The van der Waals surface area contributed by atoms with Crippen LogP contribution in [0.15, 0.2) is 42.5 Å². The Morgan fingerprint density at radius 1 is 1.10 bits per heavy atom. The molecule has 2 aromatic rings. The Hall–Kier alpha value is -2.80. The van der Waals surface area contributed by atoms with Gasteiger partial charge in [0.25, 0.3) is 11.8 Å². The van der Waals surface area contributed by atoms with Gasteiger partial charge < -0.3 is 10.1 Å². The second kappa shape index (κ2) is 9.80. The molecule has 0 radical (unpaired) electrons. The summed E-state index contributed by atoms with van der Waals surface area (Å²) in [5.41, 5.74) is 2.89. The van der Waals surface area contributed by atoms with E-state index in [4.69, 9.17) is 4.74 Å². The molecular formula is C23H26N2O4S. The summed E-state index contributed by atoms with van der Waals surface area (Å²) in [4.78, 5) is 39.6. The van der Waals surface area contributed by atoms with Crippen molar-refractivity contribution in [1.82, 2.24) is 10.2 Å². The average Bonchev–Trinajstić information content (AvgIpc) is 2.98. The molecule has 0 saturated carbocycles. The van der Waals surface area contributed by atoms with E-state index in [1.807, 2.05) is 38.3 Å². The lowest BCUT2D eigenvalue weighted by Crippen LogP contribution is -2.50. The van der Waals surface area contributed by atoms with Crippen LogP contribution < -0.4 is 10.1 Å².